The van der Waals surface area contributed by atoms with Crippen molar-refractivity contribution in [2.75, 3.05) is 19.8 Å². The molecule has 0 amide bonds. The molecule has 0 atom stereocenters. The summed E-state index contributed by atoms with van der Waals surface area (Å²) in [4.78, 5) is 29.1. The zero-order valence-electron chi connectivity index (χ0n) is 11.4. The first kappa shape index (κ1) is 19.2. The number of carbonyl (C=O) groups is 2. The molecule has 0 spiro atoms. The lowest BCUT2D eigenvalue weighted by Crippen LogP contribution is -2.06. The van der Waals surface area contributed by atoms with Crippen molar-refractivity contribution >= 4 is 11.9 Å². The standard InChI is InChI=1S/C7H14O3.C5H10O3/c1-3-5-6-9-10-7(8)4-2;1-2-3-8-4-5(6)7/h3-6H2,1-2H3;2-4H2,1H3,(H,6,7). The van der Waals surface area contributed by atoms with Crippen LogP contribution in [0.2, 0.25) is 0 Å². The second kappa shape index (κ2) is 15.9. The molecule has 0 unspecified atom stereocenters. The highest BCUT2D eigenvalue weighted by molar-refractivity contribution is 5.68. The summed E-state index contributed by atoms with van der Waals surface area (Å²) >= 11 is 0. The van der Waals surface area contributed by atoms with Gasteiger partial charge in [-0.3, -0.25) is 4.89 Å². The highest BCUT2D eigenvalue weighted by atomic mass is 17.2. The summed E-state index contributed by atoms with van der Waals surface area (Å²) in [7, 11) is 0. The molecule has 6 nitrogen and oxygen atoms in total. The average Bonchev–Trinajstić information content (AvgIpc) is 2.35. The van der Waals surface area contributed by atoms with Crippen molar-refractivity contribution in [1.29, 1.82) is 0 Å². The van der Waals surface area contributed by atoms with E-state index in [0.29, 0.717) is 19.6 Å². The van der Waals surface area contributed by atoms with Gasteiger partial charge in [-0.2, -0.15) is 4.89 Å². The molecule has 0 aromatic heterocycles. The Hall–Kier alpha value is -1.14. The van der Waals surface area contributed by atoms with Crippen molar-refractivity contribution in [3.05, 3.63) is 0 Å². The van der Waals surface area contributed by atoms with Crippen LogP contribution in [-0.2, 0) is 24.1 Å². The lowest BCUT2D eigenvalue weighted by Gasteiger charge is -1.99. The summed E-state index contributed by atoms with van der Waals surface area (Å²) in [6.07, 6.45) is 3.21. The van der Waals surface area contributed by atoms with Gasteiger partial charge >= 0.3 is 11.9 Å². The lowest BCUT2D eigenvalue weighted by atomic mass is 10.4. The van der Waals surface area contributed by atoms with Gasteiger partial charge in [0.15, 0.2) is 0 Å². The first-order chi connectivity index (χ1) is 8.58. The number of ether oxygens (including phenoxy) is 1. The van der Waals surface area contributed by atoms with Gasteiger partial charge in [0.05, 0.1) is 6.61 Å². The first-order valence-corrected chi connectivity index (χ1v) is 6.20. The quantitative estimate of drug-likeness (QED) is 0.390. The summed E-state index contributed by atoms with van der Waals surface area (Å²) in [6, 6.07) is 0. The zero-order chi connectivity index (χ0) is 14.2. The number of carboxylic acid groups (broad SMARTS) is 1. The van der Waals surface area contributed by atoms with E-state index in [9.17, 15) is 9.59 Å². The van der Waals surface area contributed by atoms with Crippen LogP contribution in [0.15, 0.2) is 0 Å². The molecule has 0 saturated heterocycles. The highest BCUT2D eigenvalue weighted by Crippen LogP contribution is 1.90. The Bertz CT molecular complexity index is 205. The predicted octanol–water partition coefficient (Wildman–Crippen LogP) is 2.17. The maximum absolute atomic E-state index is 10.4. The third-order valence-corrected chi connectivity index (χ3v) is 1.60. The van der Waals surface area contributed by atoms with Crippen molar-refractivity contribution in [2.45, 2.75) is 46.5 Å². The molecule has 0 heterocycles. The molecular weight excluding hydrogens is 240 g/mol. The van der Waals surface area contributed by atoms with Crippen molar-refractivity contribution < 1.29 is 29.2 Å². The summed E-state index contributed by atoms with van der Waals surface area (Å²) in [5.41, 5.74) is 0. The van der Waals surface area contributed by atoms with Gasteiger partial charge in [0.1, 0.15) is 6.61 Å². The van der Waals surface area contributed by atoms with Gasteiger partial charge in [0.25, 0.3) is 0 Å². The van der Waals surface area contributed by atoms with Crippen LogP contribution < -0.4 is 0 Å². The Morgan fingerprint density at radius 1 is 1.06 bits per heavy atom. The van der Waals surface area contributed by atoms with Crippen LogP contribution in [0.1, 0.15) is 46.5 Å². The highest BCUT2D eigenvalue weighted by Gasteiger charge is 1.97. The van der Waals surface area contributed by atoms with Crippen molar-refractivity contribution in [2.24, 2.45) is 0 Å². The Labute approximate surface area is 108 Å². The number of carboxylic acids is 1. The molecule has 0 aliphatic carbocycles. The minimum absolute atomic E-state index is 0.173. The molecular formula is C12H24O6. The number of unbranched alkanes of at least 4 members (excludes halogenated alkanes) is 1. The maximum atomic E-state index is 10.4. The molecule has 0 aliphatic heterocycles. The summed E-state index contributed by atoms with van der Waals surface area (Å²) in [5, 5.41) is 8.02. The van der Waals surface area contributed by atoms with Crippen molar-refractivity contribution in [3.63, 3.8) is 0 Å². The van der Waals surface area contributed by atoms with E-state index in [1.807, 2.05) is 13.8 Å². The van der Waals surface area contributed by atoms with E-state index >= 15 is 0 Å². The molecule has 6 heteroatoms. The Morgan fingerprint density at radius 2 is 1.72 bits per heavy atom. The van der Waals surface area contributed by atoms with E-state index in [1.54, 1.807) is 6.92 Å². The van der Waals surface area contributed by atoms with Crippen LogP contribution in [0.4, 0.5) is 0 Å². The zero-order valence-corrected chi connectivity index (χ0v) is 11.4. The van der Waals surface area contributed by atoms with Crippen LogP contribution in [0.25, 0.3) is 0 Å². The Balaban J connectivity index is 0. The summed E-state index contributed by atoms with van der Waals surface area (Å²) in [6.45, 7) is 6.57. The minimum Gasteiger partial charge on any atom is -0.480 e. The molecule has 0 aliphatic rings. The fourth-order valence-electron chi connectivity index (χ4n) is 0.673. The fraction of sp³-hybridized carbons (Fsp3) is 0.833. The van der Waals surface area contributed by atoms with E-state index in [2.05, 4.69) is 14.5 Å². The van der Waals surface area contributed by atoms with E-state index < -0.39 is 5.97 Å². The molecule has 0 saturated carbocycles. The summed E-state index contributed by atoms with van der Waals surface area (Å²) in [5.74, 6) is -1.21. The van der Waals surface area contributed by atoms with Crippen LogP contribution in [0, 0.1) is 0 Å². The van der Waals surface area contributed by atoms with Crippen LogP contribution in [-0.4, -0.2) is 36.9 Å². The van der Waals surface area contributed by atoms with Gasteiger partial charge in [-0.1, -0.05) is 27.2 Å². The lowest BCUT2D eigenvalue weighted by molar-refractivity contribution is -0.272. The number of carbonyl (C=O) groups excluding carboxylic acids is 1. The molecule has 0 bridgehead atoms. The summed E-state index contributed by atoms with van der Waals surface area (Å²) < 4.78 is 4.64. The smallest absolute Gasteiger partial charge is 0.342 e. The largest absolute Gasteiger partial charge is 0.480 e. The van der Waals surface area contributed by atoms with E-state index in [4.69, 9.17) is 5.11 Å². The predicted molar refractivity (Wildman–Crippen MR) is 66.0 cm³/mol. The van der Waals surface area contributed by atoms with Gasteiger partial charge in [-0.25, -0.2) is 9.59 Å². The topological polar surface area (TPSA) is 82.1 Å². The van der Waals surface area contributed by atoms with E-state index in [1.165, 1.54) is 0 Å². The third-order valence-electron chi connectivity index (χ3n) is 1.60. The van der Waals surface area contributed by atoms with Crippen LogP contribution >= 0.6 is 0 Å². The van der Waals surface area contributed by atoms with Gasteiger partial charge in [0, 0.05) is 13.0 Å². The second-order valence-electron chi connectivity index (χ2n) is 3.43. The molecule has 0 radical (unpaired) electrons. The molecule has 0 aromatic carbocycles. The molecule has 0 rings (SSSR count). The molecule has 0 aromatic rings. The molecule has 18 heavy (non-hydrogen) atoms. The van der Waals surface area contributed by atoms with Crippen molar-refractivity contribution in [3.8, 4) is 0 Å². The van der Waals surface area contributed by atoms with E-state index in [-0.39, 0.29) is 12.6 Å². The minimum atomic E-state index is -0.904. The normalized spacial score (nSPS) is 9.28. The monoisotopic (exact) mass is 264 g/mol. The molecule has 0 fully saturated rings. The van der Waals surface area contributed by atoms with Crippen LogP contribution in [0.5, 0.6) is 0 Å². The molecule has 108 valence electrons. The number of hydrogen-bond acceptors (Lipinski definition) is 5. The van der Waals surface area contributed by atoms with Gasteiger partial charge < -0.3 is 9.84 Å². The first-order valence-electron chi connectivity index (χ1n) is 6.20. The van der Waals surface area contributed by atoms with Crippen LogP contribution in [0.3, 0.4) is 0 Å². The van der Waals surface area contributed by atoms with Crippen molar-refractivity contribution in [1.82, 2.24) is 0 Å². The Morgan fingerprint density at radius 3 is 2.17 bits per heavy atom. The number of hydrogen-bond donors (Lipinski definition) is 1. The van der Waals surface area contributed by atoms with E-state index in [0.717, 1.165) is 19.3 Å². The molecule has 1 N–H and O–H groups in total. The van der Waals surface area contributed by atoms with Gasteiger partial charge in [-0.15, -0.1) is 0 Å². The third kappa shape index (κ3) is 20.3. The fourth-order valence-corrected chi connectivity index (χ4v) is 0.673. The second-order valence-corrected chi connectivity index (χ2v) is 3.43. The van der Waals surface area contributed by atoms with Gasteiger partial charge in [-0.05, 0) is 12.8 Å². The number of rotatable bonds is 9. The maximum Gasteiger partial charge on any atom is 0.342 e. The number of aliphatic carboxylic acids is 1. The van der Waals surface area contributed by atoms with Gasteiger partial charge in [0.2, 0.25) is 0 Å². The Kier molecular flexibility index (Phi) is 16.9. The SMILES string of the molecule is CCCCOOC(=O)CC.CCCOCC(=O)O. The average molecular weight is 264 g/mol.